The van der Waals surface area contributed by atoms with E-state index in [-0.39, 0.29) is 18.8 Å². The van der Waals surface area contributed by atoms with E-state index in [0.29, 0.717) is 21.9 Å². The first-order valence-electron chi connectivity index (χ1n) is 8.71. The lowest BCUT2D eigenvalue weighted by Crippen LogP contribution is -2.47. The van der Waals surface area contributed by atoms with Gasteiger partial charge in [0, 0.05) is 24.4 Å². The van der Waals surface area contributed by atoms with Crippen molar-refractivity contribution in [3.05, 3.63) is 29.8 Å². The molecule has 0 aliphatic carbocycles. The molecule has 2 unspecified atom stereocenters. The Labute approximate surface area is 168 Å². The highest BCUT2D eigenvalue weighted by Gasteiger charge is 2.44. The molecule has 7 nitrogen and oxygen atoms in total. The molecule has 2 aliphatic heterocycles. The van der Waals surface area contributed by atoms with Gasteiger partial charge in [-0.1, -0.05) is 0 Å². The van der Waals surface area contributed by atoms with Crippen LogP contribution in [0.4, 0.5) is 18.9 Å². The summed E-state index contributed by atoms with van der Waals surface area (Å²) in [5.74, 6) is -1.95. The fourth-order valence-corrected chi connectivity index (χ4v) is 4.44. The summed E-state index contributed by atoms with van der Waals surface area (Å²) in [4.78, 5) is 39.2. The Kier molecular flexibility index (Phi) is 6.02. The summed E-state index contributed by atoms with van der Waals surface area (Å²) in [7, 11) is 0. The Balaban J connectivity index is 1.63. The Bertz CT molecular complexity index is 853. The van der Waals surface area contributed by atoms with Gasteiger partial charge in [-0.25, -0.2) is 0 Å². The number of carbonyl (C=O) groups is 3. The largest absolute Gasteiger partial charge is 0.406 e. The van der Waals surface area contributed by atoms with E-state index in [9.17, 15) is 27.6 Å². The first kappa shape index (κ1) is 21.0. The molecule has 3 amide bonds. The molecule has 29 heavy (non-hydrogen) atoms. The summed E-state index contributed by atoms with van der Waals surface area (Å²) in [6.45, 7) is -1.69. The summed E-state index contributed by atoms with van der Waals surface area (Å²) in [6.07, 6.45) is -4.82. The van der Waals surface area contributed by atoms with E-state index < -0.39 is 42.4 Å². The topological polar surface area (TPSA) is 93.5 Å². The molecule has 1 aromatic rings. The molecule has 0 saturated carbocycles. The van der Waals surface area contributed by atoms with Crippen molar-refractivity contribution in [3.63, 3.8) is 0 Å². The Morgan fingerprint density at radius 1 is 1.28 bits per heavy atom. The van der Waals surface area contributed by atoms with Gasteiger partial charge < -0.3 is 15.1 Å². The lowest BCUT2D eigenvalue weighted by atomic mass is 10.1. The third-order valence-corrected chi connectivity index (χ3v) is 5.70. The summed E-state index contributed by atoms with van der Waals surface area (Å²) in [5, 5.41) is 11.5. The van der Waals surface area contributed by atoms with E-state index >= 15 is 0 Å². The van der Waals surface area contributed by atoms with Crippen molar-refractivity contribution in [1.82, 2.24) is 9.80 Å². The number of thioether (sulfide) groups is 1. The lowest BCUT2D eigenvalue weighted by Gasteiger charge is -2.26. The number of alkyl halides is 3. The molecule has 1 N–H and O–H groups in total. The average molecular weight is 426 g/mol. The van der Waals surface area contributed by atoms with E-state index in [1.807, 2.05) is 6.07 Å². The second-order valence-electron chi connectivity index (χ2n) is 6.79. The number of benzene rings is 1. The second-order valence-corrected chi connectivity index (χ2v) is 7.79. The second kappa shape index (κ2) is 8.32. The van der Waals surface area contributed by atoms with Crippen molar-refractivity contribution in [2.24, 2.45) is 5.92 Å². The minimum absolute atomic E-state index is 0.230. The average Bonchev–Trinajstić information content (AvgIpc) is 3.28. The van der Waals surface area contributed by atoms with E-state index in [4.69, 9.17) is 5.26 Å². The summed E-state index contributed by atoms with van der Waals surface area (Å²) >= 11 is 1.36. The molecule has 0 spiro atoms. The van der Waals surface area contributed by atoms with E-state index in [1.54, 1.807) is 24.3 Å². The molecular formula is C18H17F3N4O3S. The zero-order valence-corrected chi connectivity index (χ0v) is 15.9. The van der Waals surface area contributed by atoms with Crippen molar-refractivity contribution in [2.75, 3.05) is 30.0 Å². The minimum Gasteiger partial charge on any atom is -0.333 e. The van der Waals surface area contributed by atoms with Crippen LogP contribution in [-0.4, -0.2) is 64.5 Å². The Hall–Kier alpha value is -2.74. The normalized spacial score (nSPS) is 21.9. The van der Waals surface area contributed by atoms with Crippen molar-refractivity contribution in [1.29, 1.82) is 5.26 Å². The van der Waals surface area contributed by atoms with Gasteiger partial charge in [0.05, 0.1) is 23.4 Å². The molecule has 2 heterocycles. The van der Waals surface area contributed by atoms with Crippen molar-refractivity contribution >= 4 is 35.2 Å². The number of amides is 3. The first-order valence-corrected chi connectivity index (χ1v) is 9.87. The van der Waals surface area contributed by atoms with Crippen LogP contribution in [-0.2, 0) is 14.4 Å². The van der Waals surface area contributed by atoms with Crippen LogP contribution < -0.4 is 5.32 Å². The molecule has 2 fully saturated rings. The van der Waals surface area contributed by atoms with Gasteiger partial charge in [-0.15, -0.1) is 11.8 Å². The number of likely N-dealkylation sites (tertiary alicyclic amines) is 1. The van der Waals surface area contributed by atoms with Crippen LogP contribution >= 0.6 is 11.8 Å². The third kappa shape index (κ3) is 5.00. The third-order valence-electron chi connectivity index (χ3n) is 4.68. The van der Waals surface area contributed by atoms with Crippen molar-refractivity contribution < 1.29 is 27.6 Å². The zero-order chi connectivity index (χ0) is 21.2. The number of nitrogens with one attached hydrogen (secondary N) is 1. The van der Waals surface area contributed by atoms with Gasteiger partial charge in [-0.05, 0) is 24.3 Å². The molecule has 2 aliphatic rings. The standard InChI is InChI=1S/C18H17F3N4O3S/c19-18(20,21)9-24-7-12(5-15(24)26)17(28)25-10-29-8-14(25)16(27)23-13-3-1-11(6-22)2-4-13/h1-4,12,14H,5,7-10H2,(H,23,27). The van der Waals surface area contributed by atoms with E-state index in [2.05, 4.69) is 5.32 Å². The molecular weight excluding hydrogens is 409 g/mol. The highest BCUT2D eigenvalue weighted by Crippen LogP contribution is 2.29. The molecule has 1 aromatic carbocycles. The molecule has 0 bridgehead atoms. The van der Waals surface area contributed by atoms with Gasteiger partial charge in [-0.2, -0.15) is 18.4 Å². The maximum Gasteiger partial charge on any atom is 0.406 e. The fraction of sp³-hybridized carbons (Fsp3) is 0.444. The predicted molar refractivity (Wildman–Crippen MR) is 98.5 cm³/mol. The predicted octanol–water partition coefficient (Wildman–Crippen LogP) is 1.81. The minimum atomic E-state index is -4.53. The number of carbonyl (C=O) groups excluding carboxylic acids is 3. The van der Waals surface area contributed by atoms with Crippen molar-refractivity contribution in [2.45, 2.75) is 18.6 Å². The summed E-state index contributed by atoms with van der Waals surface area (Å²) in [5.41, 5.74) is 0.899. The number of anilines is 1. The number of halogens is 3. The summed E-state index contributed by atoms with van der Waals surface area (Å²) in [6, 6.07) is 7.40. The highest BCUT2D eigenvalue weighted by atomic mass is 32.2. The number of nitrogens with zero attached hydrogens (tertiary/aromatic N) is 3. The summed E-state index contributed by atoms with van der Waals surface area (Å²) < 4.78 is 37.7. The molecule has 0 radical (unpaired) electrons. The zero-order valence-electron chi connectivity index (χ0n) is 15.1. The van der Waals surface area contributed by atoms with Gasteiger partial charge in [0.2, 0.25) is 17.7 Å². The van der Waals surface area contributed by atoms with Crippen LogP contribution in [0.25, 0.3) is 0 Å². The maximum atomic E-state index is 12.8. The molecule has 2 saturated heterocycles. The maximum absolute atomic E-state index is 12.8. The number of nitriles is 1. The van der Waals surface area contributed by atoms with Gasteiger partial charge in [0.25, 0.3) is 0 Å². The molecule has 11 heteroatoms. The Morgan fingerprint density at radius 3 is 2.59 bits per heavy atom. The highest BCUT2D eigenvalue weighted by molar-refractivity contribution is 7.99. The van der Waals surface area contributed by atoms with E-state index in [0.717, 1.165) is 0 Å². The van der Waals surface area contributed by atoms with Gasteiger partial charge >= 0.3 is 6.18 Å². The van der Waals surface area contributed by atoms with Crippen LogP contribution in [0.2, 0.25) is 0 Å². The van der Waals surface area contributed by atoms with Crippen LogP contribution in [0.1, 0.15) is 12.0 Å². The molecule has 3 rings (SSSR count). The van der Waals surface area contributed by atoms with E-state index in [1.165, 1.54) is 16.7 Å². The van der Waals surface area contributed by atoms with Gasteiger partial charge in [-0.3, -0.25) is 14.4 Å². The quantitative estimate of drug-likeness (QED) is 0.793. The van der Waals surface area contributed by atoms with Gasteiger partial charge in [0.15, 0.2) is 0 Å². The fourth-order valence-electron chi connectivity index (χ4n) is 3.27. The molecule has 154 valence electrons. The number of hydrogen-bond donors (Lipinski definition) is 1. The van der Waals surface area contributed by atoms with Crippen LogP contribution in [0, 0.1) is 17.2 Å². The Morgan fingerprint density at radius 2 is 1.97 bits per heavy atom. The van der Waals surface area contributed by atoms with Crippen LogP contribution in [0.3, 0.4) is 0 Å². The smallest absolute Gasteiger partial charge is 0.333 e. The monoisotopic (exact) mass is 426 g/mol. The van der Waals surface area contributed by atoms with Crippen LogP contribution in [0.15, 0.2) is 24.3 Å². The molecule has 2 atom stereocenters. The first-order chi connectivity index (χ1) is 13.7. The lowest BCUT2D eigenvalue weighted by molar-refractivity contribution is -0.157. The van der Waals surface area contributed by atoms with Crippen LogP contribution in [0.5, 0.6) is 0 Å². The van der Waals surface area contributed by atoms with Gasteiger partial charge in [0.1, 0.15) is 12.6 Å². The number of rotatable bonds is 4. The number of hydrogen-bond acceptors (Lipinski definition) is 5. The SMILES string of the molecule is N#Cc1ccc(NC(=O)C2CSCN2C(=O)C2CC(=O)N(CC(F)(F)F)C2)cc1. The van der Waals surface area contributed by atoms with Crippen molar-refractivity contribution in [3.8, 4) is 6.07 Å². The molecule has 0 aromatic heterocycles.